The van der Waals surface area contributed by atoms with Crippen molar-refractivity contribution in [1.29, 1.82) is 0 Å². The van der Waals surface area contributed by atoms with Gasteiger partial charge < -0.3 is 19.7 Å². The number of likely N-dealkylation sites (N-methyl/N-ethyl adjacent to an activating group) is 1. The summed E-state index contributed by atoms with van der Waals surface area (Å²) in [5, 5.41) is 2.92. The number of nitrogens with one attached hydrogen (secondary N) is 1. The van der Waals surface area contributed by atoms with E-state index in [1.54, 1.807) is 49.4 Å². The van der Waals surface area contributed by atoms with E-state index in [1.165, 1.54) is 12.8 Å². The molecule has 188 valence electrons. The molecule has 35 heavy (non-hydrogen) atoms. The molecule has 1 aliphatic heterocycles. The van der Waals surface area contributed by atoms with Gasteiger partial charge >= 0.3 is 0 Å². The summed E-state index contributed by atoms with van der Waals surface area (Å²) < 4.78 is 12.1. The predicted molar refractivity (Wildman–Crippen MR) is 137 cm³/mol. The number of hydrogen-bond donors (Lipinski definition) is 1. The number of ether oxygens (including phenoxy) is 2. The fourth-order valence-electron chi connectivity index (χ4n) is 4.60. The molecule has 0 unspecified atom stereocenters. The van der Waals surface area contributed by atoms with Gasteiger partial charge in [-0.25, -0.2) is 0 Å². The first kappa shape index (κ1) is 25.2. The van der Waals surface area contributed by atoms with Crippen LogP contribution in [0.3, 0.4) is 0 Å². The highest BCUT2D eigenvalue weighted by Gasteiger charge is 2.31. The smallest absolute Gasteiger partial charge is 0.257 e. The third kappa shape index (κ3) is 6.41. The molecule has 1 saturated carbocycles. The Hall–Kier alpha value is -2.90. The number of carbonyl (C=O) groups excluding carboxylic acids is 2. The van der Waals surface area contributed by atoms with Gasteiger partial charge in [-0.15, -0.1) is 0 Å². The lowest BCUT2D eigenvalue weighted by Crippen LogP contribution is -2.47. The molecule has 0 radical (unpaired) electrons. The summed E-state index contributed by atoms with van der Waals surface area (Å²) >= 11 is 0. The molecule has 7 nitrogen and oxygen atoms in total. The molecule has 1 N–H and O–H groups in total. The third-order valence-corrected chi connectivity index (χ3v) is 7.06. The zero-order valence-corrected chi connectivity index (χ0v) is 21.2. The Morgan fingerprint density at radius 1 is 1.11 bits per heavy atom. The summed E-state index contributed by atoms with van der Waals surface area (Å²) in [6.07, 6.45) is 2.51. The average Bonchev–Trinajstić information content (AvgIpc) is 3.69. The second-order valence-electron chi connectivity index (χ2n) is 10.0. The first-order chi connectivity index (χ1) is 16.9. The molecule has 0 saturated heterocycles. The van der Waals surface area contributed by atoms with Crippen LogP contribution in [0, 0.1) is 11.8 Å². The molecule has 0 aromatic heterocycles. The van der Waals surface area contributed by atoms with Crippen LogP contribution in [0.25, 0.3) is 0 Å². The van der Waals surface area contributed by atoms with Crippen molar-refractivity contribution >= 4 is 17.5 Å². The Balaban J connectivity index is 1.60. The maximum atomic E-state index is 13.4. The van der Waals surface area contributed by atoms with Crippen molar-refractivity contribution in [2.45, 2.75) is 38.8 Å². The summed E-state index contributed by atoms with van der Waals surface area (Å²) in [4.78, 5) is 30.2. The van der Waals surface area contributed by atoms with Gasteiger partial charge in [0, 0.05) is 57.2 Å². The van der Waals surface area contributed by atoms with Crippen LogP contribution in [0.15, 0.2) is 48.5 Å². The Labute approximate surface area is 208 Å². The zero-order chi connectivity index (χ0) is 24.9. The van der Waals surface area contributed by atoms with E-state index in [1.807, 2.05) is 18.2 Å². The molecular weight excluding hydrogens is 442 g/mol. The number of nitrogens with zero attached hydrogens (tertiary/aromatic N) is 2. The number of fused-ring (bicyclic) bond motifs is 1. The molecule has 3 atom stereocenters. The molecular formula is C28H37N3O4. The van der Waals surface area contributed by atoms with Crippen LogP contribution in [0.2, 0.25) is 0 Å². The van der Waals surface area contributed by atoms with Crippen LogP contribution in [-0.2, 0) is 4.74 Å². The molecule has 1 heterocycles. The van der Waals surface area contributed by atoms with E-state index >= 15 is 0 Å². The summed E-state index contributed by atoms with van der Waals surface area (Å²) in [7, 11) is 3.52. The van der Waals surface area contributed by atoms with Crippen molar-refractivity contribution < 1.29 is 19.1 Å². The number of rotatable bonds is 5. The quantitative estimate of drug-likeness (QED) is 0.698. The van der Waals surface area contributed by atoms with Crippen LogP contribution in [0.1, 0.15) is 47.4 Å². The fourth-order valence-corrected chi connectivity index (χ4v) is 4.60. The predicted octanol–water partition coefficient (Wildman–Crippen LogP) is 4.15. The van der Waals surface area contributed by atoms with Gasteiger partial charge in [-0.3, -0.25) is 14.5 Å². The molecule has 1 fully saturated rings. The fraction of sp³-hybridized carbons (Fsp3) is 0.500. The van der Waals surface area contributed by atoms with Crippen LogP contribution in [0.4, 0.5) is 5.69 Å². The first-order valence-corrected chi connectivity index (χ1v) is 12.5. The van der Waals surface area contributed by atoms with Gasteiger partial charge in [0.1, 0.15) is 12.4 Å². The maximum absolute atomic E-state index is 13.4. The topological polar surface area (TPSA) is 71.1 Å². The number of benzene rings is 2. The van der Waals surface area contributed by atoms with Crippen LogP contribution >= 0.6 is 0 Å². The molecule has 0 spiro atoms. The van der Waals surface area contributed by atoms with Crippen LogP contribution in [-0.4, -0.2) is 74.2 Å². The van der Waals surface area contributed by atoms with Gasteiger partial charge in [-0.05, 0) is 55.9 Å². The van der Waals surface area contributed by atoms with E-state index in [0.29, 0.717) is 35.7 Å². The van der Waals surface area contributed by atoms with E-state index in [0.717, 1.165) is 19.0 Å². The second kappa shape index (κ2) is 11.2. The second-order valence-corrected chi connectivity index (χ2v) is 10.0. The molecule has 2 aliphatic rings. The van der Waals surface area contributed by atoms with Crippen LogP contribution in [0.5, 0.6) is 5.75 Å². The van der Waals surface area contributed by atoms with Crippen molar-refractivity contribution in [3.05, 3.63) is 59.7 Å². The summed E-state index contributed by atoms with van der Waals surface area (Å²) in [6.45, 7) is 7.27. The summed E-state index contributed by atoms with van der Waals surface area (Å²) in [5.41, 5.74) is 1.64. The number of amides is 2. The van der Waals surface area contributed by atoms with E-state index < -0.39 is 0 Å². The molecule has 2 aromatic rings. The highest BCUT2D eigenvalue weighted by atomic mass is 16.5. The van der Waals surface area contributed by atoms with Crippen LogP contribution < -0.4 is 10.1 Å². The van der Waals surface area contributed by atoms with E-state index in [-0.39, 0.29) is 29.9 Å². The number of carbonyl (C=O) groups is 2. The Morgan fingerprint density at radius 3 is 2.54 bits per heavy atom. The Bertz CT molecular complexity index is 1020. The van der Waals surface area contributed by atoms with Gasteiger partial charge in [0.05, 0.1) is 11.7 Å². The third-order valence-electron chi connectivity index (χ3n) is 7.06. The standard InChI is InChI=1S/C28H37N3O4/c1-19-15-31(16-21-10-11-21)20(2)18-35-25-14-23(29-27(32)22-8-6-5-7-9-22)12-13-24(25)28(33)30(3)17-26(19)34-4/h5-9,12-14,19-21,26H,10-11,15-18H2,1-4H3,(H,29,32)/t19-,20-,26+/m0/s1. The number of hydrogen-bond acceptors (Lipinski definition) is 5. The monoisotopic (exact) mass is 479 g/mol. The molecule has 2 aromatic carbocycles. The normalized spacial score (nSPS) is 24.1. The van der Waals surface area contributed by atoms with Gasteiger partial charge in [0.15, 0.2) is 0 Å². The van der Waals surface area contributed by atoms with Gasteiger partial charge in [-0.1, -0.05) is 25.1 Å². The minimum Gasteiger partial charge on any atom is -0.491 e. The molecule has 2 amide bonds. The van der Waals surface area contributed by atoms with E-state index in [2.05, 4.69) is 24.1 Å². The van der Waals surface area contributed by atoms with E-state index in [9.17, 15) is 9.59 Å². The molecule has 7 heteroatoms. The molecule has 1 aliphatic carbocycles. The van der Waals surface area contributed by atoms with Crippen molar-refractivity contribution in [3.63, 3.8) is 0 Å². The molecule has 0 bridgehead atoms. The maximum Gasteiger partial charge on any atom is 0.257 e. The van der Waals surface area contributed by atoms with Crippen molar-refractivity contribution in [2.75, 3.05) is 45.7 Å². The Morgan fingerprint density at radius 2 is 1.86 bits per heavy atom. The van der Waals surface area contributed by atoms with Gasteiger partial charge in [0.25, 0.3) is 11.8 Å². The lowest BCUT2D eigenvalue weighted by Gasteiger charge is -2.36. The van der Waals surface area contributed by atoms with Crippen molar-refractivity contribution in [3.8, 4) is 5.75 Å². The highest BCUT2D eigenvalue weighted by Crippen LogP contribution is 2.32. The summed E-state index contributed by atoms with van der Waals surface area (Å²) in [5.74, 6) is 1.18. The summed E-state index contributed by atoms with van der Waals surface area (Å²) in [6, 6.07) is 14.5. The van der Waals surface area contributed by atoms with Crippen molar-refractivity contribution in [2.24, 2.45) is 11.8 Å². The first-order valence-electron chi connectivity index (χ1n) is 12.5. The lowest BCUT2D eigenvalue weighted by atomic mass is 10.0. The largest absolute Gasteiger partial charge is 0.491 e. The number of methoxy groups -OCH3 is 1. The minimum atomic E-state index is -0.206. The Kier molecular flexibility index (Phi) is 8.08. The highest BCUT2D eigenvalue weighted by molar-refractivity contribution is 6.05. The SMILES string of the molecule is CO[C@@H]1CN(C)C(=O)c2ccc(NC(=O)c3ccccc3)cc2OC[C@H](C)N(CC2CC2)C[C@@H]1C. The van der Waals surface area contributed by atoms with Crippen molar-refractivity contribution in [1.82, 2.24) is 9.80 Å². The lowest BCUT2D eigenvalue weighted by molar-refractivity contribution is 0.00994. The molecule has 4 rings (SSSR count). The van der Waals surface area contributed by atoms with E-state index in [4.69, 9.17) is 9.47 Å². The minimum absolute atomic E-state index is 0.0638. The number of anilines is 1. The average molecular weight is 480 g/mol. The van der Waals surface area contributed by atoms with Gasteiger partial charge in [0.2, 0.25) is 0 Å². The van der Waals surface area contributed by atoms with Gasteiger partial charge in [-0.2, -0.15) is 0 Å². The zero-order valence-electron chi connectivity index (χ0n) is 21.2.